The summed E-state index contributed by atoms with van der Waals surface area (Å²) in [4.78, 5) is 1.09. The minimum Gasteiger partial charge on any atom is -0.497 e. The SMILES string of the molecule is COc1ccc(C(N)c2cc(OC)cs2)cc1. The van der Waals surface area contributed by atoms with E-state index in [9.17, 15) is 0 Å². The molecule has 2 rings (SSSR count). The van der Waals surface area contributed by atoms with E-state index in [0.29, 0.717) is 0 Å². The summed E-state index contributed by atoms with van der Waals surface area (Å²) in [6.07, 6.45) is 0. The highest BCUT2D eigenvalue weighted by Crippen LogP contribution is 2.30. The van der Waals surface area contributed by atoms with Crippen molar-refractivity contribution in [2.24, 2.45) is 5.73 Å². The van der Waals surface area contributed by atoms with Crippen LogP contribution in [0.25, 0.3) is 0 Å². The van der Waals surface area contributed by atoms with Crippen LogP contribution in [0.15, 0.2) is 35.7 Å². The zero-order chi connectivity index (χ0) is 12.3. The molecule has 1 unspecified atom stereocenters. The predicted molar refractivity (Wildman–Crippen MR) is 69.9 cm³/mol. The number of benzene rings is 1. The molecule has 0 fully saturated rings. The minimum atomic E-state index is -0.116. The van der Waals surface area contributed by atoms with Gasteiger partial charge in [0.15, 0.2) is 0 Å². The van der Waals surface area contributed by atoms with Gasteiger partial charge in [0.2, 0.25) is 0 Å². The Labute approximate surface area is 105 Å². The molecule has 1 aromatic carbocycles. The number of rotatable bonds is 4. The summed E-state index contributed by atoms with van der Waals surface area (Å²) in [6.45, 7) is 0. The van der Waals surface area contributed by atoms with Crippen molar-refractivity contribution in [3.05, 3.63) is 46.2 Å². The van der Waals surface area contributed by atoms with Gasteiger partial charge in [-0.1, -0.05) is 12.1 Å². The van der Waals surface area contributed by atoms with Crippen molar-refractivity contribution in [2.45, 2.75) is 6.04 Å². The van der Waals surface area contributed by atoms with Crippen molar-refractivity contribution < 1.29 is 9.47 Å². The van der Waals surface area contributed by atoms with Crippen molar-refractivity contribution in [1.29, 1.82) is 0 Å². The van der Waals surface area contributed by atoms with Crippen LogP contribution in [0.1, 0.15) is 16.5 Å². The number of ether oxygens (including phenoxy) is 2. The van der Waals surface area contributed by atoms with Crippen molar-refractivity contribution >= 4 is 11.3 Å². The van der Waals surface area contributed by atoms with Crippen LogP contribution in [0.2, 0.25) is 0 Å². The summed E-state index contributed by atoms with van der Waals surface area (Å²) in [5.74, 6) is 1.69. The first-order valence-electron chi connectivity index (χ1n) is 5.26. The van der Waals surface area contributed by atoms with E-state index in [2.05, 4.69) is 0 Å². The topological polar surface area (TPSA) is 44.5 Å². The van der Waals surface area contributed by atoms with Crippen LogP contribution in [-0.4, -0.2) is 14.2 Å². The molecule has 2 N–H and O–H groups in total. The second-order valence-electron chi connectivity index (χ2n) is 3.64. The van der Waals surface area contributed by atoms with Crippen LogP contribution in [0, 0.1) is 0 Å². The lowest BCUT2D eigenvalue weighted by Gasteiger charge is -2.10. The van der Waals surface area contributed by atoms with Crippen LogP contribution >= 0.6 is 11.3 Å². The molecule has 0 aliphatic rings. The fraction of sp³-hybridized carbons (Fsp3) is 0.231. The second-order valence-corrected chi connectivity index (χ2v) is 4.58. The minimum absolute atomic E-state index is 0.116. The van der Waals surface area contributed by atoms with Crippen molar-refractivity contribution in [1.82, 2.24) is 0 Å². The van der Waals surface area contributed by atoms with E-state index in [4.69, 9.17) is 15.2 Å². The molecular weight excluding hydrogens is 234 g/mol. The van der Waals surface area contributed by atoms with E-state index in [1.165, 1.54) is 0 Å². The maximum absolute atomic E-state index is 6.19. The molecule has 2 aromatic rings. The quantitative estimate of drug-likeness (QED) is 0.906. The van der Waals surface area contributed by atoms with E-state index in [1.54, 1.807) is 25.6 Å². The van der Waals surface area contributed by atoms with Gasteiger partial charge in [-0.15, -0.1) is 11.3 Å². The van der Waals surface area contributed by atoms with Crippen molar-refractivity contribution in [2.75, 3.05) is 14.2 Å². The Hall–Kier alpha value is -1.52. The smallest absolute Gasteiger partial charge is 0.129 e. The molecule has 1 atom stereocenters. The van der Waals surface area contributed by atoms with Crippen LogP contribution in [-0.2, 0) is 0 Å². The van der Waals surface area contributed by atoms with Gasteiger partial charge in [0, 0.05) is 10.3 Å². The van der Waals surface area contributed by atoms with Crippen molar-refractivity contribution in [3.8, 4) is 11.5 Å². The summed E-state index contributed by atoms with van der Waals surface area (Å²) < 4.78 is 10.3. The maximum Gasteiger partial charge on any atom is 0.129 e. The first kappa shape index (κ1) is 12.0. The first-order valence-corrected chi connectivity index (χ1v) is 6.14. The molecule has 90 valence electrons. The maximum atomic E-state index is 6.19. The lowest BCUT2D eigenvalue weighted by Crippen LogP contribution is -2.09. The van der Waals surface area contributed by atoms with Crippen LogP contribution in [0.4, 0.5) is 0 Å². The van der Waals surface area contributed by atoms with Gasteiger partial charge in [-0.25, -0.2) is 0 Å². The van der Waals surface area contributed by atoms with Gasteiger partial charge in [0.1, 0.15) is 11.5 Å². The third-order valence-corrected chi connectivity index (χ3v) is 3.61. The molecular formula is C13H15NO2S. The molecule has 0 bridgehead atoms. The summed E-state index contributed by atoms with van der Waals surface area (Å²) >= 11 is 1.61. The van der Waals surface area contributed by atoms with Gasteiger partial charge < -0.3 is 15.2 Å². The molecule has 0 radical (unpaired) electrons. The molecule has 3 nitrogen and oxygen atoms in total. The third kappa shape index (κ3) is 2.60. The fourth-order valence-electron chi connectivity index (χ4n) is 1.58. The zero-order valence-corrected chi connectivity index (χ0v) is 10.7. The number of methoxy groups -OCH3 is 2. The molecule has 17 heavy (non-hydrogen) atoms. The largest absolute Gasteiger partial charge is 0.497 e. The summed E-state index contributed by atoms with van der Waals surface area (Å²) in [5, 5.41) is 1.96. The normalized spacial score (nSPS) is 12.2. The van der Waals surface area contributed by atoms with Gasteiger partial charge >= 0.3 is 0 Å². The van der Waals surface area contributed by atoms with Crippen molar-refractivity contribution in [3.63, 3.8) is 0 Å². The number of hydrogen-bond acceptors (Lipinski definition) is 4. The average Bonchev–Trinajstić information content (AvgIpc) is 2.87. The Morgan fingerprint density at radius 2 is 1.71 bits per heavy atom. The van der Waals surface area contributed by atoms with E-state index in [0.717, 1.165) is 21.9 Å². The average molecular weight is 249 g/mol. The molecule has 0 saturated carbocycles. The van der Waals surface area contributed by atoms with Gasteiger partial charge in [-0.05, 0) is 23.8 Å². The molecule has 0 spiro atoms. The van der Waals surface area contributed by atoms with Gasteiger partial charge in [-0.2, -0.15) is 0 Å². The van der Waals surface area contributed by atoms with Gasteiger partial charge in [0.05, 0.1) is 20.3 Å². The molecule has 4 heteroatoms. The Kier molecular flexibility index (Phi) is 3.66. The van der Waals surface area contributed by atoms with E-state index in [-0.39, 0.29) is 6.04 Å². The van der Waals surface area contributed by atoms with Crippen LogP contribution < -0.4 is 15.2 Å². The predicted octanol–water partition coefficient (Wildman–Crippen LogP) is 2.81. The Bertz CT molecular complexity index is 478. The molecule has 1 heterocycles. The van der Waals surface area contributed by atoms with E-state index < -0.39 is 0 Å². The summed E-state index contributed by atoms with van der Waals surface area (Å²) in [5.41, 5.74) is 7.26. The van der Waals surface area contributed by atoms with E-state index >= 15 is 0 Å². The second kappa shape index (κ2) is 5.21. The van der Waals surface area contributed by atoms with E-state index in [1.807, 2.05) is 35.7 Å². The number of hydrogen-bond donors (Lipinski definition) is 1. The number of nitrogens with two attached hydrogens (primary N) is 1. The standard InChI is InChI=1S/C13H15NO2S/c1-15-10-5-3-9(4-6-10)13(14)12-7-11(16-2)8-17-12/h3-8,13H,14H2,1-2H3. The van der Waals surface area contributed by atoms with Gasteiger partial charge in [-0.3, -0.25) is 0 Å². The molecule has 1 aromatic heterocycles. The monoisotopic (exact) mass is 249 g/mol. The summed E-state index contributed by atoms with van der Waals surface area (Å²) in [6, 6.07) is 9.65. The molecule has 0 amide bonds. The highest BCUT2D eigenvalue weighted by atomic mass is 32.1. The highest BCUT2D eigenvalue weighted by molar-refractivity contribution is 7.10. The van der Waals surface area contributed by atoms with Gasteiger partial charge in [0.25, 0.3) is 0 Å². The molecule has 0 saturated heterocycles. The Balaban J connectivity index is 2.20. The molecule has 0 aliphatic heterocycles. The lowest BCUT2D eigenvalue weighted by molar-refractivity contribution is 0.414. The third-order valence-electron chi connectivity index (χ3n) is 2.61. The Morgan fingerprint density at radius 1 is 1.06 bits per heavy atom. The summed E-state index contributed by atoms with van der Waals surface area (Å²) in [7, 11) is 3.31. The Morgan fingerprint density at radius 3 is 2.24 bits per heavy atom. The van der Waals surface area contributed by atoms with Crippen LogP contribution in [0.5, 0.6) is 11.5 Å². The lowest BCUT2D eigenvalue weighted by atomic mass is 10.1. The van der Waals surface area contributed by atoms with Crippen LogP contribution in [0.3, 0.4) is 0 Å². The highest BCUT2D eigenvalue weighted by Gasteiger charge is 2.11. The zero-order valence-electron chi connectivity index (χ0n) is 9.84. The first-order chi connectivity index (χ1) is 8.24. The number of thiophene rings is 1. The molecule has 0 aliphatic carbocycles. The fourth-order valence-corrected chi connectivity index (χ4v) is 2.46.